The van der Waals surface area contributed by atoms with Gasteiger partial charge >= 0.3 is 0 Å². The van der Waals surface area contributed by atoms with Crippen molar-refractivity contribution < 1.29 is 13.9 Å². The predicted molar refractivity (Wildman–Crippen MR) is 79.9 cm³/mol. The van der Waals surface area contributed by atoms with Crippen LogP contribution in [0.15, 0.2) is 18.2 Å². The van der Waals surface area contributed by atoms with Gasteiger partial charge in [0.05, 0.1) is 13.5 Å². The number of likely N-dealkylation sites (tertiary alicyclic amines) is 1. The number of hydrogen-bond acceptors (Lipinski definition) is 3. The summed E-state index contributed by atoms with van der Waals surface area (Å²) >= 11 is 0. The molecule has 1 atom stereocenters. The molecule has 5 heteroatoms. The minimum absolute atomic E-state index is 0.0698. The highest BCUT2D eigenvalue weighted by Gasteiger charge is 2.23. The van der Waals surface area contributed by atoms with Crippen molar-refractivity contribution in [1.29, 1.82) is 0 Å². The molecule has 1 heterocycles. The molecule has 2 rings (SSSR count). The minimum atomic E-state index is -0.422. The fourth-order valence-corrected chi connectivity index (χ4v) is 2.85. The smallest absolute Gasteiger partial charge is 0.227 e. The van der Waals surface area contributed by atoms with Gasteiger partial charge in [0.25, 0.3) is 0 Å². The fourth-order valence-electron chi connectivity index (χ4n) is 2.85. The Balaban J connectivity index is 1.96. The summed E-state index contributed by atoms with van der Waals surface area (Å²) < 4.78 is 18.5. The molecule has 1 aliphatic rings. The standard InChI is InChI=1S/C16H23FN2O2/c1-18-10-13-4-3-7-19(11-13)16(20)9-12-5-6-15(21-2)14(17)8-12/h5-6,8,13,18H,3-4,7,9-11H2,1-2H3. The average Bonchev–Trinajstić information content (AvgIpc) is 2.48. The van der Waals surface area contributed by atoms with Gasteiger partial charge in [-0.1, -0.05) is 6.07 Å². The van der Waals surface area contributed by atoms with E-state index in [0.717, 1.165) is 32.5 Å². The van der Waals surface area contributed by atoms with E-state index in [0.29, 0.717) is 11.5 Å². The summed E-state index contributed by atoms with van der Waals surface area (Å²) in [4.78, 5) is 14.2. The molecule has 116 valence electrons. The number of rotatable bonds is 5. The molecule has 0 aliphatic carbocycles. The van der Waals surface area contributed by atoms with Crippen LogP contribution in [-0.4, -0.2) is 44.6 Å². The molecule has 21 heavy (non-hydrogen) atoms. The number of piperidine rings is 1. The van der Waals surface area contributed by atoms with Crippen molar-refractivity contribution in [3.05, 3.63) is 29.6 Å². The zero-order chi connectivity index (χ0) is 15.2. The molecule has 1 unspecified atom stereocenters. The molecule has 0 aromatic heterocycles. The molecule has 1 aromatic carbocycles. The maximum Gasteiger partial charge on any atom is 0.227 e. The van der Waals surface area contributed by atoms with E-state index < -0.39 is 5.82 Å². The normalized spacial score (nSPS) is 18.6. The van der Waals surface area contributed by atoms with Gasteiger partial charge in [-0.3, -0.25) is 4.79 Å². The quantitative estimate of drug-likeness (QED) is 0.901. The Hall–Kier alpha value is -1.62. The molecule has 1 amide bonds. The van der Waals surface area contributed by atoms with Crippen molar-refractivity contribution >= 4 is 5.91 Å². The molecule has 0 bridgehead atoms. The number of methoxy groups -OCH3 is 1. The predicted octanol–water partition coefficient (Wildman–Crippen LogP) is 1.83. The second kappa shape index (κ2) is 7.41. The molecule has 1 aromatic rings. The zero-order valence-electron chi connectivity index (χ0n) is 12.7. The summed E-state index contributed by atoms with van der Waals surface area (Å²) in [6, 6.07) is 4.69. The number of amides is 1. The number of carbonyl (C=O) groups is 1. The van der Waals surface area contributed by atoms with Crippen LogP contribution >= 0.6 is 0 Å². The van der Waals surface area contributed by atoms with Gasteiger partial charge in [0, 0.05) is 13.1 Å². The largest absolute Gasteiger partial charge is 0.494 e. The van der Waals surface area contributed by atoms with E-state index in [9.17, 15) is 9.18 Å². The lowest BCUT2D eigenvalue weighted by Crippen LogP contribution is -2.43. The molecule has 0 radical (unpaired) electrons. The van der Waals surface area contributed by atoms with E-state index in [-0.39, 0.29) is 18.1 Å². The first-order chi connectivity index (χ1) is 10.1. The summed E-state index contributed by atoms with van der Waals surface area (Å²) in [6.07, 6.45) is 2.43. The van der Waals surface area contributed by atoms with E-state index >= 15 is 0 Å². The van der Waals surface area contributed by atoms with Crippen molar-refractivity contribution in [3.8, 4) is 5.75 Å². The van der Waals surface area contributed by atoms with Crippen LogP contribution in [-0.2, 0) is 11.2 Å². The molecule has 1 N–H and O–H groups in total. The van der Waals surface area contributed by atoms with Crippen LogP contribution in [0.25, 0.3) is 0 Å². The second-order valence-corrected chi connectivity index (χ2v) is 5.55. The Labute approximate surface area is 125 Å². The van der Waals surface area contributed by atoms with Gasteiger partial charge < -0.3 is 15.0 Å². The SMILES string of the molecule is CNCC1CCCN(C(=O)Cc2ccc(OC)c(F)c2)C1. The van der Waals surface area contributed by atoms with E-state index in [1.807, 2.05) is 11.9 Å². The Kier molecular flexibility index (Phi) is 5.56. The first-order valence-corrected chi connectivity index (χ1v) is 7.38. The highest BCUT2D eigenvalue weighted by molar-refractivity contribution is 5.79. The van der Waals surface area contributed by atoms with Crippen LogP contribution in [0.1, 0.15) is 18.4 Å². The lowest BCUT2D eigenvalue weighted by atomic mass is 9.97. The topological polar surface area (TPSA) is 41.6 Å². The van der Waals surface area contributed by atoms with Crippen molar-refractivity contribution in [2.45, 2.75) is 19.3 Å². The summed E-state index contributed by atoms with van der Waals surface area (Å²) in [5.41, 5.74) is 0.689. The van der Waals surface area contributed by atoms with Gasteiger partial charge in [-0.15, -0.1) is 0 Å². The molecular formula is C16H23FN2O2. The number of nitrogens with one attached hydrogen (secondary N) is 1. The highest BCUT2D eigenvalue weighted by Crippen LogP contribution is 2.20. The highest BCUT2D eigenvalue weighted by atomic mass is 19.1. The van der Waals surface area contributed by atoms with Crippen LogP contribution in [0, 0.1) is 11.7 Å². The molecule has 1 aliphatic heterocycles. The number of benzene rings is 1. The third-order valence-corrected chi connectivity index (χ3v) is 3.94. The second-order valence-electron chi connectivity index (χ2n) is 5.55. The van der Waals surface area contributed by atoms with Gasteiger partial charge in [-0.2, -0.15) is 0 Å². The number of nitrogens with zero attached hydrogens (tertiary/aromatic N) is 1. The number of ether oxygens (including phenoxy) is 1. The van der Waals surface area contributed by atoms with Gasteiger partial charge in [0.15, 0.2) is 11.6 Å². The van der Waals surface area contributed by atoms with E-state index in [1.165, 1.54) is 13.2 Å². The third-order valence-electron chi connectivity index (χ3n) is 3.94. The zero-order valence-corrected chi connectivity index (χ0v) is 12.7. The van der Waals surface area contributed by atoms with E-state index in [2.05, 4.69) is 5.32 Å². The van der Waals surface area contributed by atoms with Crippen molar-refractivity contribution in [2.24, 2.45) is 5.92 Å². The van der Waals surface area contributed by atoms with Crippen LogP contribution < -0.4 is 10.1 Å². The Morgan fingerprint density at radius 2 is 2.33 bits per heavy atom. The Morgan fingerprint density at radius 1 is 1.52 bits per heavy atom. The maximum atomic E-state index is 13.6. The van der Waals surface area contributed by atoms with Crippen LogP contribution in [0.5, 0.6) is 5.75 Å². The number of carbonyl (C=O) groups excluding carboxylic acids is 1. The summed E-state index contributed by atoms with van der Waals surface area (Å²) in [5.74, 6) is 0.369. The summed E-state index contributed by atoms with van der Waals surface area (Å²) in [7, 11) is 3.36. The first kappa shape index (κ1) is 15.8. The minimum Gasteiger partial charge on any atom is -0.494 e. The molecule has 4 nitrogen and oxygen atoms in total. The monoisotopic (exact) mass is 294 g/mol. The van der Waals surface area contributed by atoms with Crippen molar-refractivity contribution in [1.82, 2.24) is 10.2 Å². The molecule has 0 spiro atoms. The number of halogens is 1. The van der Waals surface area contributed by atoms with E-state index in [4.69, 9.17) is 4.74 Å². The molecule has 1 fully saturated rings. The lowest BCUT2D eigenvalue weighted by molar-refractivity contribution is -0.132. The Morgan fingerprint density at radius 3 is 3.00 bits per heavy atom. The molecule has 0 saturated carbocycles. The average molecular weight is 294 g/mol. The Bertz CT molecular complexity index is 491. The summed E-state index contributed by atoms with van der Waals surface area (Å²) in [6.45, 7) is 2.52. The number of hydrogen-bond donors (Lipinski definition) is 1. The maximum absolute atomic E-state index is 13.6. The molecular weight excluding hydrogens is 271 g/mol. The molecule has 1 saturated heterocycles. The first-order valence-electron chi connectivity index (χ1n) is 7.38. The van der Waals surface area contributed by atoms with Gasteiger partial charge in [-0.05, 0) is 50.0 Å². The van der Waals surface area contributed by atoms with Crippen molar-refractivity contribution in [2.75, 3.05) is 33.8 Å². The summed E-state index contributed by atoms with van der Waals surface area (Å²) in [5, 5.41) is 3.17. The van der Waals surface area contributed by atoms with Gasteiger partial charge in [0.2, 0.25) is 5.91 Å². The van der Waals surface area contributed by atoms with Crippen LogP contribution in [0.2, 0.25) is 0 Å². The van der Waals surface area contributed by atoms with Gasteiger partial charge in [0.1, 0.15) is 0 Å². The van der Waals surface area contributed by atoms with Crippen LogP contribution in [0.3, 0.4) is 0 Å². The van der Waals surface area contributed by atoms with Crippen LogP contribution in [0.4, 0.5) is 4.39 Å². The van der Waals surface area contributed by atoms with E-state index in [1.54, 1.807) is 12.1 Å². The van der Waals surface area contributed by atoms with Crippen molar-refractivity contribution in [3.63, 3.8) is 0 Å². The van der Waals surface area contributed by atoms with Gasteiger partial charge in [-0.25, -0.2) is 4.39 Å². The fraction of sp³-hybridized carbons (Fsp3) is 0.562. The lowest BCUT2D eigenvalue weighted by Gasteiger charge is -2.32. The third kappa shape index (κ3) is 4.17.